The van der Waals surface area contributed by atoms with E-state index in [1.165, 1.54) is 37.7 Å². The molecule has 0 radical (unpaired) electrons. The number of carbonyl (C=O) groups excluding carboxylic acids is 1. The highest BCUT2D eigenvalue weighted by Gasteiger charge is 2.58. The summed E-state index contributed by atoms with van der Waals surface area (Å²) in [5.41, 5.74) is 1.96. The molecule has 0 aromatic carbocycles. The van der Waals surface area contributed by atoms with Crippen molar-refractivity contribution >= 4 is 23.3 Å². The Bertz CT molecular complexity index is 782. The average Bonchev–Trinajstić information content (AvgIpc) is 3.25. The van der Waals surface area contributed by atoms with Gasteiger partial charge in [-0.15, -0.1) is 11.3 Å². The smallest absolute Gasteiger partial charge is 0.244 e. The molecule has 1 aromatic rings. The van der Waals surface area contributed by atoms with Crippen LogP contribution in [0, 0.1) is 28.6 Å². The lowest BCUT2D eigenvalue weighted by molar-refractivity contribution is -0.120. The maximum Gasteiger partial charge on any atom is 0.244 e. The summed E-state index contributed by atoms with van der Waals surface area (Å²) in [7, 11) is 0. The van der Waals surface area contributed by atoms with Gasteiger partial charge in [0, 0.05) is 17.0 Å². The van der Waals surface area contributed by atoms with Crippen LogP contribution in [0.25, 0.3) is 6.08 Å². The summed E-state index contributed by atoms with van der Waals surface area (Å²) >= 11 is 1.69. The third-order valence-electron chi connectivity index (χ3n) is 8.12. The van der Waals surface area contributed by atoms with E-state index in [4.69, 9.17) is 0 Å². The van der Waals surface area contributed by atoms with Crippen molar-refractivity contribution in [1.29, 1.82) is 0 Å². The molecule has 138 valence electrons. The van der Waals surface area contributed by atoms with Gasteiger partial charge in [0.05, 0.1) is 6.04 Å². The van der Waals surface area contributed by atoms with Crippen LogP contribution in [-0.2, 0) is 4.79 Å². The summed E-state index contributed by atoms with van der Waals surface area (Å²) in [6, 6.07) is 0.121. The number of thiazole rings is 1. The molecule has 3 aliphatic carbocycles. The van der Waals surface area contributed by atoms with E-state index in [0.29, 0.717) is 11.3 Å². The van der Waals surface area contributed by atoms with Crippen LogP contribution < -0.4 is 5.32 Å². The van der Waals surface area contributed by atoms with Crippen LogP contribution in [0.5, 0.6) is 0 Å². The molecule has 1 aliphatic heterocycles. The Kier molecular flexibility index (Phi) is 3.72. The number of hydrogen-bond donors (Lipinski definition) is 1. The van der Waals surface area contributed by atoms with Gasteiger partial charge in [-0.2, -0.15) is 0 Å². The van der Waals surface area contributed by atoms with E-state index in [1.807, 2.05) is 11.6 Å². The molecule has 3 saturated carbocycles. The molecule has 5 rings (SSSR count). The number of hydrogen-bond acceptors (Lipinski definition) is 3. The fourth-order valence-electron chi connectivity index (χ4n) is 6.86. The number of rotatable bonds is 1. The summed E-state index contributed by atoms with van der Waals surface area (Å²) in [5, 5.41) is 6.40. The minimum atomic E-state index is 0.0316. The van der Waals surface area contributed by atoms with E-state index in [0.717, 1.165) is 23.3 Å². The Morgan fingerprint density at radius 3 is 2.96 bits per heavy atom. The number of fused-ring (bicyclic) bond motifs is 5. The highest BCUT2D eigenvalue weighted by molar-refractivity contribution is 7.10. The third-order valence-corrected chi connectivity index (χ3v) is 8.84. The largest absolute Gasteiger partial charge is 0.345 e. The van der Waals surface area contributed by atoms with Gasteiger partial charge in [-0.05, 0) is 73.0 Å². The fourth-order valence-corrected chi connectivity index (χ4v) is 7.46. The molecule has 6 atom stereocenters. The molecular weight excluding hydrogens is 340 g/mol. The molecule has 4 heteroatoms. The van der Waals surface area contributed by atoms with Crippen LogP contribution in [0.4, 0.5) is 0 Å². The van der Waals surface area contributed by atoms with Crippen molar-refractivity contribution in [3.63, 3.8) is 0 Å². The maximum atomic E-state index is 12.2. The van der Waals surface area contributed by atoms with Crippen molar-refractivity contribution in [2.75, 3.05) is 0 Å². The molecular formula is C22H28N2OS. The number of aromatic nitrogens is 1. The van der Waals surface area contributed by atoms with Gasteiger partial charge in [0.25, 0.3) is 0 Å². The van der Waals surface area contributed by atoms with Gasteiger partial charge in [-0.1, -0.05) is 26.3 Å². The topological polar surface area (TPSA) is 42.0 Å². The Morgan fingerprint density at radius 2 is 2.15 bits per heavy atom. The molecule has 2 heterocycles. The van der Waals surface area contributed by atoms with Crippen molar-refractivity contribution in [2.24, 2.45) is 28.6 Å². The predicted octanol–water partition coefficient (Wildman–Crippen LogP) is 4.82. The van der Waals surface area contributed by atoms with E-state index in [1.54, 1.807) is 17.4 Å². The van der Waals surface area contributed by atoms with Gasteiger partial charge in [0.1, 0.15) is 5.01 Å². The number of nitrogens with zero attached hydrogens (tertiary/aromatic N) is 1. The lowest BCUT2D eigenvalue weighted by Gasteiger charge is -2.58. The Hall–Kier alpha value is -1.42. The van der Waals surface area contributed by atoms with Crippen molar-refractivity contribution in [3.05, 3.63) is 34.3 Å². The molecule has 4 aliphatic rings. The molecule has 0 bridgehead atoms. The van der Waals surface area contributed by atoms with Gasteiger partial charge in [-0.25, -0.2) is 4.98 Å². The first-order valence-corrected chi connectivity index (χ1v) is 11.0. The van der Waals surface area contributed by atoms with Crippen LogP contribution in [0.3, 0.4) is 0 Å². The first-order valence-electron chi connectivity index (χ1n) is 10.1. The lowest BCUT2D eigenvalue weighted by atomic mass is 9.48. The summed E-state index contributed by atoms with van der Waals surface area (Å²) in [6.45, 7) is 4.93. The van der Waals surface area contributed by atoms with Crippen molar-refractivity contribution in [1.82, 2.24) is 10.3 Å². The van der Waals surface area contributed by atoms with Gasteiger partial charge >= 0.3 is 0 Å². The summed E-state index contributed by atoms with van der Waals surface area (Å²) in [4.78, 5) is 16.6. The third kappa shape index (κ3) is 2.37. The van der Waals surface area contributed by atoms with Crippen LogP contribution in [0.1, 0.15) is 57.4 Å². The maximum absolute atomic E-state index is 12.2. The van der Waals surface area contributed by atoms with E-state index in [-0.39, 0.29) is 17.4 Å². The molecule has 1 amide bonds. The first-order chi connectivity index (χ1) is 12.5. The molecule has 1 N–H and O–H groups in total. The lowest BCUT2D eigenvalue weighted by Crippen LogP contribution is -2.59. The second-order valence-electron chi connectivity index (χ2n) is 9.40. The number of carbonyl (C=O) groups is 1. The van der Waals surface area contributed by atoms with Gasteiger partial charge < -0.3 is 5.32 Å². The van der Waals surface area contributed by atoms with E-state index in [9.17, 15) is 4.79 Å². The number of nitrogens with one attached hydrogen (secondary N) is 1. The van der Waals surface area contributed by atoms with Gasteiger partial charge in [-0.3, -0.25) is 4.79 Å². The van der Waals surface area contributed by atoms with Crippen molar-refractivity contribution in [3.8, 4) is 0 Å². The zero-order valence-corrected chi connectivity index (χ0v) is 16.5. The van der Waals surface area contributed by atoms with Gasteiger partial charge in [0.2, 0.25) is 5.91 Å². The standard InChI is InChI=1S/C22H28N2OS/c1-21-7-3-4-16(21)15-12-14(13-19-23-10-11-26-19)20-22(2,17(15)5-8-21)9-6-18(25)24-20/h6,9-11,13,15-17,20H,3-5,7-8,12H2,1-2H3,(H,24,25)/b14-13+/t15-,16-,17-,20+,21-,22+/m0/s1. The molecule has 3 nitrogen and oxygen atoms in total. The molecule has 0 saturated heterocycles. The first kappa shape index (κ1) is 16.7. The van der Waals surface area contributed by atoms with Crippen molar-refractivity contribution < 1.29 is 4.79 Å². The Balaban J connectivity index is 1.60. The highest BCUT2D eigenvalue weighted by Crippen LogP contribution is 2.64. The molecule has 1 aromatic heterocycles. The second-order valence-corrected chi connectivity index (χ2v) is 10.3. The monoisotopic (exact) mass is 368 g/mol. The molecule has 26 heavy (non-hydrogen) atoms. The summed E-state index contributed by atoms with van der Waals surface area (Å²) in [6.07, 6.45) is 16.1. The van der Waals surface area contributed by atoms with E-state index in [2.05, 4.69) is 36.3 Å². The van der Waals surface area contributed by atoms with E-state index < -0.39 is 0 Å². The fraction of sp³-hybridized carbons (Fsp3) is 0.636. The Labute approximate surface area is 160 Å². The van der Waals surface area contributed by atoms with Crippen LogP contribution in [0.15, 0.2) is 29.3 Å². The zero-order valence-electron chi connectivity index (χ0n) is 15.7. The van der Waals surface area contributed by atoms with Crippen LogP contribution in [-0.4, -0.2) is 16.9 Å². The van der Waals surface area contributed by atoms with Crippen molar-refractivity contribution in [2.45, 2.75) is 58.4 Å². The van der Waals surface area contributed by atoms with Gasteiger partial charge in [0.15, 0.2) is 0 Å². The average molecular weight is 369 g/mol. The molecule has 0 unspecified atom stereocenters. The predicted molar refractivity (Wildman–Crippen MR) is 106 cm³/mol. The summed E-state index contributed by atoms with van der Waals surface area (Å²) in [5.74, 6) is 2.31. The highest BCUT2D eigenvalue weighted by atomic mass is 32.1. The zero-order chi connectivity index (χ0) is 17.9. The molecule has 0 spiro atoms. The summed E-state index contributed by atoms with van der Waals surface area (Å²) < 4.78 is 0. The molecule has 3 fully saturated rings. The minimum Gasteiger partial charge on any atom is -0.345 e. The second kappa shape index (κ2) is 5.79. The number of amides is 1. The Morgan fingerprint density at radius 1 is 1.27 bits per heavy atom. The SMILES string of the molecule is C[C@@]12CCC[C@H]1[C@@H]1C/C(=C\c3nccs3)[C@H]3NC(=O)C=C[C@]3(C)[C@H]1CC2. The normalized spacial score (nSPS) is 45.8. The van der Waals surface area contributed by atoms with Crippen LogP contribution >= 0.6 is 11.3 Å². The quantitative estimate of drug-likeness (QED) is 0.772. The minimum absolute atomic E-state index is 0.0316. The van der Waals surface area contributed by atoms with E-state index >= 15 is 0 Å². The van der Waals surface area contributed by atoms with Crippen LogP contribution in [0.2, 0.25) is 0 Å².